The molecule has 1 atom stereocenters. The second-order valence-electron chi connectivity index (χ2n) is 5.55. The van der Waals surface area contributed by atoms with E-state index in [9.17, 15) is 4.79 Å². The van der Waals surface area contributed by atoms with Crippen LogP contribution in [0.4, 0.5) is 5.13 Å². The summed E-state index contributed by atoms with van der Waals surface area (Å²) < 4.78 is 0. The van der Waals surface area contributed by atoms with E-state index in [2.05, 4.69) is 27.5 Å². The van der Waals surface area contributed by atoms with Crippen LogP contribution >= 0.6 is 23.1 Å². The average Bonchev–Trinajstić information content (AvgIpc) is 2.96. The largest absolute Gasteiger partial charge is 0.354 e. The van der Waals surface area contributed by atoms with E-state index in [0.717, 1.165) is 28.3 Å². The van der Waals surface area contributed by atoms with Crippen LogP contribution in [0.3, 0.4) is 0 Å². The number of amidine groups is 1. The van der Waals surface area contributed by atoms with Crippen molar-refractivity contribution in [2.45, 2.75) is 32.2 Å². The van der Waals surface area contributed by atoms with Gasteiger partial charge in [-0.1, -0.05) is 23.1 Å². The molecule has 0 bridgehead atoms. The second-order valence-corrected chi connectivity index (χ2v) is 7.54. The number of hydrogen-bond donors (Lipinski definition) is 2. The maximum atomic E-state index is 11.0. The van der Waals surface area contributed by atoms with E-state index < -0.39 is 0 Å². The Hall–Kier alpha value is -1.08. The number of carbonyl (C=O) groups is 1. The van der Waals surface area contributed by atoms with Crippen molar-refractivity contribution in [1.82, 2.24) is 10.3 Å². The molecule has 1 saturated heterocycles. The van der Waals surface area contributed by atoms with Crippen molar-refractivity contribution < 1.29 is 4.79 Å². The molecule has 2 fully saturated rings. The molecule has 0 aromatic carbocycles. The normalized spacial score (nSPS) is 27.6. The zero-order valence-electron chi connectivity index (χ0n) is 11.6. The molecule has 1 aliphatic heterocycles. The predicted octanol–water partition coefficient (Wildman–Crippen LogP) is 2.42. The van der Waals surface area contributed by atoms with Gasteiger partial charge in [-0.05, 0) is 25.7 Å². The van der Waals surface area contributed by atoms with Crippen molar-refractivity contribution in [1.29, 1.82) is 0 Å². The Balaban J connectivity index is 1.67. The molecule has 1 aromatic heterocycles. The summed E-state index contributed by atoms with van der Waals surface area (Å²) in [5.41, 5.74) is -0.137. The van der Waals surface area contributed by atoms with Crippen LogP contribution in [0.5, 0.6) is 0 Å². The van der Waals surface area contributed by atoms with E-state index >= 15 is 0 Å². The standard InChI is InChI=1S/C13H18N4OS2/c1-8(18)16-11-15-6-10(20-11)13(2)7-19-12(17-13)14-5-9-3-4-9/h6,9H,3-5,7H2,1-2H3,(H,14,17)(H,15,16,18). The number of rotatable bonds is 4. The fourth-order valence-corrected chi connectivity index (χ4v) is 4.16. The number of amides is 1. The van der Waals surface area contributed by atoms with Gasteiger partial charge in [-0.2, -0.15) is 0 Å². The summed E-state index contributed by atoms with van der Waals surface area (Å²) in [6.45, 7) is 4.60. The molecular formula is C13H18N4OS2. The highest BCUT2D eigenvalue weighted by atomic mass is 32.2. The minimum Gasteiger partial charge on any atom is -0.354 e. The smallest absolute Gasteiger partial charge is 0.223 e. The van der Waals surface area contributed by atoms with Crippen molar-refractivity contribution in [3.63, 3.8) is 0 Å². The molecule has 1 unspecified atom stereocenters. The molecule has 0 radical (unpaired) electrons. The van der Waals surface area contributed by atoms with Crippen LogP contribution in [-0.2, 0) is 10.3 Å². The number of thiazole rings is 1. The molecule has 108 valence electrons. The first-order chi connectivity index (χ1) is 9.55. The molecular weight excluding hydrogens is 292 g/mol. The fraction of sp³-hybridized carbons (Fsp3) is 0.615. The number of aromatic nitrogens is 1. The predicted molar refractivity (Wildman–Crippen MR) is 84.4 cm³/mol. The molecule has 5 nitrogen and oxygen atoms in total. The Morgan fingerprint density at radius 3 is 3.15 bits per heavy atom. The van der Waals surface area contributed by atoms with Crippen LogP contribution in [-0.4, -0.2) is 28.4 Å². The van der Waals surface area contributed by atoms with Gasteiger partial charge in [0.15, 0.2) is 10.3 Å². The van der Waals surface area contributed by atoms with Gasteiger partial charge in [0.1, 0.15) is 0 Å². The summed E-state index contributed by atoms with van der Waals surface area (Å²) in [6.07, 6.45) is 4.49. The third-order valence-corrected chi connectivity index (χ3v) is 5.81. The Morgan fingerprint density at radius 2 is 2.45 bits per heavy atom. The van der Waals surface area contributed by atoms with Gasteiger partial charge >= 0.3 is 0 Å². The van der Waals surface area contributed by atoms with Gasteiger partial charge in [-0.25, -0.2) is 4.98 Å². The molecule has 2 heterocycles. The van der Waals surface area contributed by atoms with Crippen LogP contribution in [0.25, 0.3) is 0 Å². The molecule has 1 amide bonds. The molecule has 2 aliphatic rings. The van der Waals surface area contributed by atoms with E-state index in [4.69, 9.17) is 0 Å². The van der Waals surface area contributed by atoms with Crippen LogP contribution < -0.4 is 10.6 Å². The highest BCUT2D eigenvalue weighted by molar-refractivity contribution is 8.14. The van der Waals surface area contributed by atoms with Crippen molar-refractivity contribution in [3.8, 4) is 0 Å². The van der Waals surface area contributed by atoms with Crippen molar-refractivity contribution in [2.75, 3.05) is 17.6 Å². The topological polar surface area (TPSA) is 66.4 Å². The third-order valence-electron chi connectivity index (χ3n) is 3.40. The lowest BCUT2D eigenvalue weighted by atomic mass is 10.1. The van der Waals surface area contributed by atoms with Gasteiger partial charge in [-0.15, -0.1) is 0 Å². The lowest BCUT2D eigenvalue weighted by Gasteiger charge is -2.21. The fourth-order valence-electron chi connectivity index (χ4n) is 1.99. The van der Waals surface area contributed by atoms with Crippen LogP contribution in [0.2, 0.25) is 0 Å². The SMILES string of the molecule is CC(=O)Nc1ncc(C2(C)CSC(=NCC3CC3)N2)s1. The average molecular weight is 310 g/mol. The minimum absolute atomic E-state index is 0.0866. The van der Waals surface area contributed by atoms with Gasteiger partial charge in [0.25, 0.3) is 0 Å². The van der Waals surface area contributed by atoms with Crippen molar-refractivity contribution >= 4 is 39.3 Å². The van der Waals surface area contributed by atoms with E-state index in [0.29, 0.717) is 5.13 Å². The summed E-state index contributed by atoms with van der Waals surface area (Å²) in [5.74, 6) is 1.67. The Kier molecular flexibility index (Phi) is 3.72. The van der Waals surface area contributed by atoms with Crippen LogP contribution in [0.15, 0.2) is 11.2 Å². The molecule has 7 heteroatoms. The first-order valence-corrected chi connectivity index (χ1v) is 8.55. The van der Waals surface area contributed by atoms with Crippen molar-refractivity contribution in [2.24, 2.45) is 10.9 Å². The Bertz CT molecular complexity index is 552. The number of nitrogens with one attached hydrogen (secondary N) is 2. The van der Waals surface area contributed by atoms with E-state index in [1.165, 1.54) is 31.1 Å². The maximum Gasteiger partial charge on any atom is 0.223 e. The molecule has 2 N–H and O–H groups in total. The van der Waals surface area contributed by atoms with Gasteiger partial charge in [0.2, 0.25) is 5.91 Å². The molecule has 1 saturated carbocycles. The summed E-state index contributed by atoms with van der Waals surface area (Å²) >= 11 is 3.29. The monoisotopic (exact) mass is 310 g/mol. The number of thioether (sulfide) groups is 1. The van der Waals surface area contributed by atoms with E-state index in [1.54, 1.807) is 11.8 Å². The highest BCUT2D eigenvalue weighted by Gasteiger charge is 2.36. The summed E-state index contributed by atoms with van der Waals surface area (Å²) in [6, 6.07) is 0. The van der Waals surface area contributed by atoms with Gasteiger partial charge < -0.3 is 10.6 Å². The molecule has 1 aliphatic carbocycles. The highest BCUT2D eigenvalue weighted by Crippen LogP contribution is 2.37. The van der Waals surface area contributed by atoms with E-state index in [1.807, 2.05) is 6.20 Å². The Labute approximate surface area is 126 Å². The molecule has 0 spiro atoms. The summed E-state index contributed by atoms with van der Waals surface area (Å²) in [7, 11) is 0. The number of carbonyl (C=O) groups excluding carboxylic acids is 1. The zero-order chi connectivity index (χ0) is 14.2. The first kappa shape index (κ1) is 13.9. The van der Waals surface area contributed by atoms with Crippen molar-refractivity contribution in [3.05, 3.63) is 11.1 Å². The summed E-state index contributed by atoms with van der Waals surface area (Å²) in [5, 5.41) is 7.93. The molecule has 3 rings (SSSR count). The summed E-state index contributed by atoms with van der Waals surface area (Å²) in [4.78, 5) is 21.1. The molecule has 20 heavy (non-hydrogen) atoms. The van der Waals surface area contributed by atoms with Gasteiger partial charge in [-0.3, -0.25) is 9.79 Å². The second kappa shape index (κ2) is 5.37. The first-order valence-electron chi connectivity index (χ1n) is 6.74. The van der Waals surface area contributed by atoms with Gasteiger partial charge in [0.05, 0.1) is 10.4 Å². The lowest BCUT2D eigenvalue weighted by Crippen LogP contribution is -2.37. The maximum absolute atomic E-state index is 11.0. The van der Waals surface area contributed by atoms with E-state index in [-0.39, 0.29) is 11.4 Å². The Morgan fingerprint density at radius 1 is 1.65 bits per heavy atom. The quantitative estimate of drug-likeness (QED) is 0.896. The van der Waals surface area contributed by atoms with Crippen LogP contribution in [0, 0.1) is 5.92 Å². The lowest BCUT2D eigenvalue weighted by molar-refractivity contribution is -0.114. The third kappa shape index (κ3) is 3.15. The number of nitrogens with zero attached hydrogens (tertiary/aromatic N) is 2. The number of aliphatic imine (C=N–C) groups is 1. The van der Waals surface area contributed by atoms with Gasteiger partial charge in [0, 0.05) is 25.4 Å². The number of anilines is 1. The minimum atomic E-state index is -0.137. The zero-order valence-corrected chi connectivity index (χ0v) is 13.2. The molecule has 1 aromatic rings. The van der Waals surface area contributed by atoms with Crippen LogP contribution in [0.1, 0.15) is 31.6 Å². The number of hydrogen-bond acceptors (Lipinski definition) is 5.